The fraction of sp³-hybridized carbons (Fsp3) is 0.150. The van der Waals surface area contributed by atoms with Crippen molar-refractivity contribution in [1.82, 2.24) is 4.90 Å². The molecule has 0 aromatic heterocycles. The molecule has 0 atom stereocenters. The number of rotatable bonds is 7. The number of thiocarbonyl (C=S) groups is 1. The van der Waals surface area contributed by atoms with Crippen molar-refractivity contribution in [2.24, 2.45) is 0 Å². The van der Waals surface area contributed by atoms with Crippen LogP contribution in [0.15, 0.2) is 41.3 Å². The Morgan fingerprint density at radius 1 is 1.24 bits per heavy atom. The summed E-state index contributed by atoms with van der Waals surface area (Å²) < 4.78 is 49.5. The normalized spacial score (nSPS) is 15.1. The number of carboxylic acids is 1. The Bertz CT molecular complexity index is 1230. The number of nitro benzene ring substituents is 1. The second-order valence-corrected chi connectivity index (χ2v) is 8.29. The Hall–Kier alpha value is -3.65. The van der Waals surface area contributed by atoms with Crippen LogP contribution in [0.2, 0.25) is 0 Å². The number of amides is 1. The summed E-state index contributed by atoms with van der Waals surface area (Å²) in [5.74, 6) is -2.20. The molecule has 1 fully saturated rings. The molecule has 0 unspecified atom stereocenters. The fourth-order valence-electron chi connectivity index (χ4n) is 2.82. The number of hydrogen-bond acceptors (Lipinski definition) is 8. The third kappa shape index (κ3) is 5.46. The van der Waals surface area contributed by atoms with Crippen LogP contribution >= 0.6 is 24.0 Å². The number of halogens is 3. The van der Waals surface area contributed by atoms with Crippen LogP contribution in [0.1, 0.15) is 11.1 Å². The zero-order valence-electron chi connectivity index (χ0n) is 17.0. The minimum Gasteiger partial charge on any atom is -0.493 e. The van der Waals surface area contributed by atoms with Crippen LogP contribution in [0.3, 0.4) is 0 Å². The predicted octanol–water partition coefficient (Wildman–Crippen LogP) is 4.70. The lowest BCUT2D eigenvalue weighted by molar-refractivity contribution is -0.385. The lowest BCUT2D eigenvalue weighted by atomic mass is 10.1. The molecule has 0 spiro atoms. The summed E-state index contributed by atoms with van der Waals surface area (Å²) in [5, 5.41) is 20.2. The number of carboxylic acid groups (broad SMARTS) is 1. The maximum absolute atomic E-state index is 12.9. The van der Waals surface area contributed by atoms with E-state index >= 15 is 0 Å². The van der Waals surface area contributed by atoms with Crippen LogP contribution in [0.5, 0.6) is 17.2 Å². The van der Waals surface area contributed by atoms with E-state index in [1.165, 1.54) is 31.4 Å². The topological polar surface area (TPSA) is 119 Å². The summed E-state index contributed by atoms with van der Waals surface area (Å²) in [4.78, 5) is 34.7. The number of carbonyl (C=O) groups is 2. The van der Waals surface area contributed by atoms with E-state index in [1.54, 1.807) is 0 Å². The monoisotopic (exact) mass is 514 g/mol. The molecule has 3 rings (SSSR count). The van der Waals surface area contributed by atoms with Gasteiger partial charge in [-0.3, -0.25) is 24.6 Å². The van der Waals surface area contributed by atoms with E-state index in [1.807, 2.05) is 0 Å². The van der Waals surface area contributed by atoms with Crippen molar-refractivity contribution in [2.45, 2.75) is 6.18 Å². The highest BCUT2D eigenvalue weighted by atomic mass is 32.2. The van der Waals surface area contributed by atoms with Crippen molar-refractivity contribution in [3.05, 3.63) is 62.5 Å². The Morgan fingerprint density at radius 2 is 1.91 bits per heavy atom. The highest BCUT2D eigenvalue weighted by Gasteiger charge is 2.34. The minimum absolute atomic E-state index is 0.0269. The van der Waals surface area contributed by atoms with Crippen molar-refractivity contribution in [3.8, 4) is 17.2 Å². The second-order valence-electron chi connectivity index (χ2n) is 6.61. The van der Waals surface area contributed by atoms with Gasteiger partial charge in [-0.2, -0.15) is 13.2 Å². The quantitative estimate of drug-likeness (QED) is 0.243. The molecule has 0 aliphatic carbocycles. The summed E-state index contributed by atoms with van der Waals surface area (Å²) >= 11 is 5.94. The molecule has 1 aliphatic rings. The van der Waals surface area contributed by atoms with Gasteiger partial charge in [0.15, 0.2) is 11.5 Å². The van der Waals surface area contributed by atoms with Crippen LogP contribution in [-0.2, 0) is 15.8 Å². The fourth-order valence-corrected chi connectivity index (χ4v) is 4.08. The second kappa shape index (κ2) is 9.69. The molecule has 9 nitrogen and oxygen atoms in total. The van der Waals surface area contributed by atoms with E-state index in [9.17, 15) is 32.9 Å². The number of hydrogen-bond donors (Lipinski definition) is 1. The summed E-state index contributed by atoms with van der Waals surface area (Å²) in [7, 11) is 1.28. The molecule has 1 N–H and O–H groups in total. The molecule has 2 aromatic rings. The highest BCUT2D eigenvalue weighted by Crippen LogP contribution is 2.41. The molecule has 1 aliphatic heterocycles. The zero-order valence-corrected chi connectivity index (χ0v) is 18.6. The van der Waals surface area contributed by atoms with Gasteiger partial charge in [0.2, 0.25) is 5.75 Å². The summed E-state index contributed by atoms with van der Waals surface area (Å²) in [6.45, 7) is -0.579. The Balaban J connectivity index is 1.90. The highest BCUT2D eigenvalue weighted by molar-refractivity contribution is 8.26. The maximum atomic E-state index is 12.9. The third-order valence-corrected chi connectivity index (χ3v) is 5.73. The van der Waals surface area contributed by atoms with E-state index < -0.39 is 46.5 Å². The molecule has 178 valence electrons. The first-order chi connectivity index (χ1) is 15.9. The molecule has 1 amide bonds. The lowest BCUT2D eigenvalue weighted by Gasteiger charge is -2.13. The first-order valence-corrected chi connectivity index (χ1v) is 10.3. The molecular weight excluding hydrogens is 501 g/mol. The van der Waals surface area contributed by atoms with Crippen molar-refractivity contribution in [3.63, 3.8) is 0 Å². The number of thioether (sulfide) groups is 1. The maximum Gasteiger partial charge on any atom is 0.416 e. The van der Waals surface area contributed by atoms with Gasteiger partial charge in [-0.15, -0.1) is 0 Å². The number of ether oxygens (including phenoxy) is 2. The third-order valence-electron chi connectivity index (χ3n) is 4.36. The number of nitrogens with zero attached hydrogens (tertiary/aromatic N) is 2. The summed E-state index contributed by atoms with van der Waals surface area (Å²) in [6.07, 6.45) is -3.33. The van der Waals surface area contributed by atoms with Gasteiger partial charge < -0.3 is 14.6 Å². The van der Waals surface area contributed by atoms with Gasteiger partial charge in [-0.1, -0.05) is 30.0 Å². The standard InChI is InChI=1S/C20H13F3N2O7S2/c1-31-15-6-10(7-16-18(28)24(9-17(26)27)19(33)34-16)2-4-14(15)32-13-5-3-11(20(21,22)23)8-12(13)25(29)30/h2-8H,9H2,1H3,(H,26,27)/b16-7-. The Kier molecular flexibility index (Phi) is 7.12. The summed E-state index contributed by atoms with van der Waals surface area (Å²) in [5.41, 5.74) is -1.65. The molecule has 0 radical (unpaired) electrons. The van der Waals surface area contributed by atoms with Gasteiger partial charge in [0.25, 0.3) is 5.91 Å². The predicted molar refractivity (Wildman–Crippen MR) is 119 cm³/mol. The first kappa shape index (κ1) is 25.0. The molecule has 0 bridgehead atoms. The minimum atomic E-state index is -4.77. The first-order valence-electron chi connectivity index (χ1n) is 9.09. The van der Waals surface area contributed by atoms with Gasteiger partial charge in [-0.25, -0.2) is 0 Å². The van der Waals surface area contributed by atoms with Gasteiger partial charge in [0, 0.05) is 6.07 Å². The van der Waals surface area contributed by atoms with Gasteiger partial charge in [-0.05, 0) is 35.9 Å². The molecule has 0 saturated carbocycles. The van der Waals surface area contributed by atoms with Gasteiger partial charge >= 0.3 is 17.8 Å². The van der Waals surface area contributed by atoms with Crippen LogP contribution in [-0.4, -0.2) is 44.8 Å². The van der Waals surface area contributed by atoms with E-state index in [0.29, 0.717) is 17.7 Å². The van der Waals surface area contributed by atoms with Crippen molar-refractivity contribution in [1.29, 1.82) is 0 Å². The number of nitro groups is 1. The molecule has 1 saturated heterocycles. The lowest BCUT2D eigenvalue weighted by Crippen LogP contribution is -2.33. The molecule has 1 heterocycles. The van der Waals surface area contributed by atoms with Crippen molar-refractivity contribution < 1.29 is 42.3 Å². The molecule has 34 heavy (non-hydrogen) atoms. The number of methoxy groups -OCH3 is 1. The molecule has 2 aromatic carbocycles. The molecular formula is C20H13F3N2O7S2. The van der Waals surface area contributed by atoms with E-state index in [-0.39, 0.29) is 20.7 Å². The number of aliphatic carboxylic acids is 1. The van der Waals surface area contributed by atoms with Crippen molar-refractivity contribution in [2.75, 3.05) is 13.7 Å². The molecule has 14 heteroatoms. The van der Waals surface area contributed by atoms with Crippen LogP contribution in [0.25, 0.3) is 6.08 Å². The van der Waals surface area contributed by atoms with Crippen LogP contribution in [0, 0.1) is 10.1 Å². The van der Waals surface area contributed by atoms with Crippen LogP contribution < -0.4 is 9.47 Å². The number of benzene rings is 2. The van der Waals surface area contributed by atoms with E-state index in [4.69, 9.17) is 26.8 Å². The Labute approximate surface area is 198 Å². The average Bonchev–Trinajstić information content (AvgIpc) is 3.01. The number of alkyl halides is 3. The summed E-state index contributed by atoms with van der Waals surface area (Å²) in [6, 6.07) is 6.11. The average molecular weight is 514 g/mol. The Morgan fingerprint density at radius 3 is 2.50 bits per heavy atom. The largest absolute Gasteiger partial charge is 0.493 e. The SMILES string of the molecule is COc1cc(/C=C2\SC(=S)N(CC(=O)O)C2=O)ccc1Oc1ccc(C(F)(F)F)cc1[N+](=O)[O-]. The van der Waals surface area contributed by atoms with Gasteiger partial charge in [0.05, 0.1) is 22.5 Å². The smallest absolute Gasteiger partial charge is 0.416 e. The van der Waals surface area contributed by atoms with Gasteiger partial charge in [0.1, 0.15) is 10.9 Å². The van der Waals surface area contributed by atoms with Crippen LogP contribution in [0.4, 0.5) is 18.9 Å². The number of carbonyl (C=O) groups excluding carboxylic acids is 1. The zero-order chi connectivity index (χ0) is 25.2. The van der Waals surface area contributed by atoms with Crippen molar-refractivity contribution >= 4 is 51.9 Å². The van der Waals surface area contributed by atoms with E-state index in [2.05, 4.69) is 0 Å². The van der Waals surface area contributed by atoms with E-state index in [0.717, 1.165) is 22.7 Å².